The lowest BCUT2D eigenvalue weighted by Gasteiger charge is -2.00. The zero-order chi connectivity index (χ0) is 14.1. The summed E-state index contributed by atoms with van der Waals surface area (Å²) in [6.45, 7) is 0. The van der Waals surface area contributed by atoms with Gasteiger partial charge in [0.15, 0.2) is 5.76 Å². The molecule has 1 heterocycles. The van der Waals surface area contributed by atoms with Crippen molar-refractivity contribution in [2.45, 2.75) is 6.42 Å². The van der Waals surface area contributed by atoms with Crippen LogP contribution in [0, 0.1) is 0 Å². The molecule has 0 spiro atoms. The third-order valence-electron chi connectivity index (χ3n) is 3.07. The Morgan fingerprint density at radius 3 is 2.80 bits per heavy atom. The maximum atomic E-state index is 12.2. The van der Waals surface area contributed by atoms with Gasteiger partial charge in [0.2, 0.25) is 5.78 Å². The molecule has 0 amide bonds. The number of ketones is 1. The lowest BCUT2D eigenvalue weighted by atomic mass is 10.1. The molecule has 100 valence electrons. The van der Waals surface area contributed by atoms with Crippen LogP contribution in [0.25, 0.3) is 11.0 Å². The van der Waals surface area contributed by atoms with Crippen LogP contribution in [0.1, 0.15) is 16.1 Å². The Labute approximate surface area is 120 Å². The summed E-state index contributed by atoms with van der Waals surface area (Å²) in [4.78, 5) is 12.2. The second kappa shape index (κ2) is 5.02. The monoisotopic (exact) mass is 285 g/mol. The molecule has 20 heavy (non-hydrogen) atoms. The second-order valence-electron chi connectivity index (χ2n) is 4.64. The molecule has 3 rings (SSSR count). The number of furan rings is 1. The minimum absolute atomic E-state index is 0.0806. The highest BCUT2D eigenvalue weighted by Crippen LogP contribution is 2.24. The number of carbonyl (C=O) groups is 1. The number of hydrogen-bond acceptors (Lipinski definition) is 3. The number of benzene rings is 2. The van der Waals surface area contributed by atoms with Gasteiger partial charge in [-0.1, -0.05) is 23.7 Å². The zero-order valence-corrected chi connectivity index (χ0v) is 11.4. The van der Waals surface area contributed by atoms with Gasteiger partial charge in [0.25, 0.3) is 0 Å². The van der Waals surface area contributed by atoms with Crippen molar-refractivity contribution in [2.24, 2.45) is 0 Å². The maximum Gasteiger partial charge on any atom is 0.202 e. The fourth-order valence-electron chi connectivity index (χ4n) is 2.13. The summed E-state index contributed by atoms with van der Waals surface area (Å²) < 4.78 is 5.55. The van der Waals surface area contributed by atoms with Gasteiger partial charge in [-0.25, -0.2) is 0 Å². The molecule has 0 saturated carbocycles. The van der Waals surface area contributed by atoms with Gasteiger partial charge in [-0.3, -0.25) is 4.79 Å². The fourth-order valence-corrected chi connectivity index (χ4v) is 2.31. The van der Waals surface area contributed by atoms with Crippen molar-refractivity contribution in [2.75, 3.05) is 5.73 Å². The Kier molecular flexibility index (Phi) is 3.20. The summed E-state index contributed by atoms with van der Waals surface area (Å²) >= 11 is 5.91. The zero-order valence-electron chi connectivity index (χ0n) is 10.6. The molecule has 0 aliphatic rings. The van der Waals surface area contributed by atoms with E-state index in [-0.39, 0.29) is 12.2 Å². The summed E-state index contributed by atoms with van der Waals surface area (Å²) in [5.41, 5.74) is 7.87. The first kappa shape index (κ1) is 12.8. The summed E-state index contributed by atoms with van der Waals surface area (Å²) in [6, 6.07) is 14.3. The van der Waals surface area contributed by atoms with Gasteiger partial charge in [-0.15, -0.1) is 0 Å². The van der Waals surface area contributed by atoms with E-state index in [9.17, 15) is 4.79 Å². The van der Waals surface area contributed by atoms with E-state index >= 15 is 0 Å². The molecular formula is C16H12ClNO2. The van der Waals surface area contributed by atoms with Crippen molar-refractivity contribution in [1.29, 1.82) is 0 Å². The molecule has 0 bridgehead atoms. The average molecular weight is 286 g/mol. The maximum absolute atomic E-state index is 12.2. The Morgan fingerprint density at radius 2 is 2.00 bits per heavy atom. The largest absolute Gasteiger partial charge is 0.453 e. The number of fused-ring (bicyclic) bond motifs is 1. The number of rotatable bonds is 3. The summed E-state index contributed by atoms with van der Waals surface area (Å²) in [7, 11) is 0. The van der Waals surface area contributed by atoms with Gasteiger partial charge in [-0.2, -0.15) is 0 Å². The molecule has 2 N–H and O–H groups in total. The van der Waals surface area contributed by atoms with Crippen LogP contribution in [-0.2, 0) is 6.42 Å². The van der Waals surface area contributed by atoms with Crippen molar-refractivity contribution in [1.82, 2.24) is 0 Å². The number of hydrogen-bond donors (Lipinski definition) is 1. The average Bonchev–Trinajstić information content (AvgIpc) is 2.81. The van der Waals surface area contributed by atoms with Crippen LogP contribution in [-0.4, -0.2) is 5.78 Å². The standard InChI is InChI=1S/C16H12ClNO2/c17-12-4-5-15-11(8-12)9-16(20-15)14(19)7-10-2-1-3-13(18)6-10/h1-6,8-9H,7,18H2. The third-order valence-corrected chi connectivity index (χ3v) is 3.30. The lowest BCUT2D eigenvalue weighted by molar-refractivity contribution is 0.0968. The fraction of sp³-hybridized carbons (Fsp3) is 0.0625. The van der Waals surface area contributed by atoms with Crippen LogP contribution in [0.5, 0.6) is 0 Å². The van der Waals surface area contributed by atoms with Crippen LogP contribution >= 0.6 is 11.6 Å². The van der Waals surface area contributed by atoms with Crippen LogP contribution in [0.4, 0.5) is 5.69 Å². The molecule has 0 aliphatic carbocycles. The molecule has 3 nitrogen and oxygen atoms in total. The molecule has 4 heteroatoms. The Bertz CT molecular complexity index is 792. The predicted octanol–water partition coefficient (Wildman–Crippen LogP) is 4.09. The van der Waals surface area contributed by atoms with Gasteiger partial charge in [-0.05, 0) is 42.0 Å². The topological polar surface area (TPSA) is 56.2 Å². The Balaban J connectivity index is 1.88. The predicted molar refractivity (Wildman–Crippen MR) is 80.1 cm³/mol. The minimum Gasteiger partial charge on any atom is -0.453 e. The molecule has 0 radical (unpaired) electrons. The first-order chi connectivity index (χ1) is 9.61. The lowest BCUT2D eigenvalue weighted by Crippen LogP contribution is -2.02. The van der Waals surface area contributed by atoms with Crippen molar-refractivity contribution in [3.8, 4) is 0 Å². The molecule has 3 aromatic rings. The third kappa shape index (κ3) is 2.53. The minimum atomic E-state index is -0.0806. The van der Waals surface area contributed by atoms with Gasteiger partial charge >= 0.3 is 0 Å². The summed E-state index contributed by atoms with van der Waals surface area (Å²) in [5, 5.41) is 1.45. The number of nitrogens with two attached hydrogens (primary N) is 1. The number of Topliss-reactive ketones (excluding diaryl/α,β-unsaturated/α-hetero) is 1. The molecule has 0 saturated heterocycles. The summed E-state index contributed by atoms with van der Waals surface area (Å²) in [5.74, 6) is 0.257. The molecule has 0 aliphatic heterocycles. The number of nitrogen functional groups attached to an aromatic ring is 1. The Morgan fingerprint density at radius 1 is 1.15 bits per heavy atom. The van der Waals surface area contributed by atoms with Crippen molar-refractivity contribution in [3.05, 3.63) is 64.9 Å². The van der Waals surface area contributed by atoms with Crippen LogP contribution in [0.3, 0.4) is 0 Å². The molecule has 2 aromatic carbocycles. The van der Waals surface area contributed by atoms with E-state index in [4.69, 9.17) is 21.8 Å². The highest BCUT2D eigenvalue weighted by molar-refractivity contribution is 6.31. The van der Waals surface area contributed by atoms with E-state index in [1.165, 1.54) is 0 Å². The van der Waals surface area contributed by atoms with E-state index in [0.717, 1.165) is 10.9 Å². The van der Waals surface area contributed by atoms with Crippen LogP contribution < -0.4 is 5.73 Å². The SMILES string of the molecule is Nc1cccc(CC(=O)c2cc3cc(Cl)ccc3o2)c1. The Hall–Kier alpha value is -2.26. The number of halogens is 1. The second-order valence-corrected chi connectivity index (χ2v) is 5.07. The number of carbonyl (C=O) groups excluding carboxylic acids is 1. The first-order valence-electron chi connectivity index (χ1n) is 6.18. The van der Waals surface area contributed by atoms with Crippen molar-refractivity contribution < 1.29 is 9.21 Å². The van der Waals surface area contributed by atoms with Gasteiger partial charge in [0, 0.05) is 22.5 Å². The van der Waals surface area contributed by atoms with E-state index in [1.807, 2.05) is 12.1 Å². The highest BCUT2D eigenvalue weighted by atomic mass is 35.5. The van der Waals surface area contributed by atoms with E-state index in [2.05, 4.69) is 0 Å². The molecule has 0 atom stereocenters. The van der Waals surface area contributed by atoms with Gasteiger partial charge < -0.3 is 10.2 Å². The normalized spacial score (nSPS) is 10.8. The quantitative estimate of drug-likeness (QED) is 0.582. The molecule has 1 aromatic heterocycles. The smallest absolute Gasteiger partial charge is 0.202 e. The van der Waals surface area contributed by atoms with Crippen LogP contribution in [0.2, 0.25) is 5.02 Å². The summed E-state index contributed by atoms with van der Waals surface area (Å²) in [6.07, 6.45) is 0.262. The van der Waals surface area contributed by atoms with E-state index in [0.29, 0.717) is 22.1 Å². The molecule has 0 fully saturated rings. The highest BCUT2D eigenvalue weighted by Gasteiger charge is 2.13. The van der Waals surface area contributed by atoms with E-state index in [1.54, 1.807) is 36.4 Å². The van der Waals surface area contributed by atoms with Crippen molar-refractivity contribution >= 4 is 34.0 Å². The van der Waals surface area contributed by atoms with Crippen molar-refractivity contribution in [3.63, 3.8) is 0 Å². The molecule has 0 unspecified atom stereocenters. The van der Waals surface area contributed by atoms with E-state index < -0.39 is 0 Å². The first-order valence-corrected chi connectivity index (χ1v) is 6.56. The molecular weight excluding hydrogens is 274 g/mol. The van der Waals surface area contributed by atoms with Gasteiger partial charge in [0.1, 0.15) is 5.58 Å². The van der Waals surface area contributed by atoms with Crippen LogP contribution in [0.15, 0.2) is 52.9 Å². The number of anilines is 1. The van der Waals surface area contributed by atoms with Gasteiger partial charge in [0.05, 0.1) is 0 Å².